The minimum atomic E-state index is 0.0558. The van der Waals surface area contributed by atoms with E-state index in [1.807, 2.05) is 18.0 Å². The molecule has 0 radical (unpaired) electrons. The molecule has 3 heterocycles. The molecular weight excluding hydrogens is 326 g/mol. The van der Waals surface area contributed by atoms with Crippen LogP contribution in [0.1, 0.15) is 72.5 Å². The molecule has 4 rings (SSSR count). The summed E-state index contributed by atoms with van der Waals surface area (Å²) >= 11 is 0. The van der Waals surface area contributed by atoms with Gasteiger partial charge in [-0.15, -0.1) is 0 Å². The Morgan fingerprint density at radius 2 is 2.15 bits per heavy atom. The van der Waals surface area contributed by atoms with Crippen molar-refractivity contribution in [3.63, 3.8) is 0 Å². The van der Waals surface area contributed by atoms with Crippen molar-refractivity contribution in [1.82, 2.24) is 24.6 Å². The fourth-order valence-corrected chi connectivity index (χ4v) is 4.30. The van der Waals surface area contributed by atoms with E-state index in [0.29, 0.717) is 11.6 Å². The zero-order valence-corrected chi connectivity index (χ0v) is 15.9. The number of nitrogens with one attached hydrogen (secondary N) is 1. The Labute approximate surface area is 155 Å². The van der Waals surface area contributed by atoms with Crippen molar-refractivity contribution in [1.29, 1.82) is 0 Å². The molecule has 1 saturated carbocycles. The first-order valence-electron chi connectivity index (χ1n) is 10.0. The summed E-state index contributed by atoms with van der Waals surface area (Å²) in [6, 6.07) is 0. The van der Waals surface area contributed by atoms with Crippen LogP contribution >= 0.6 is 0 Å². The molecule has 1 aliphatic carbocycles. The van der Waals surface area contributed by atoms with Crippen LogP contribution in [0.25, 0.3) is 0 Å². The van der Waals surface area contributed by atoms with Crippen molar-refractivity contribution in [2.45, 2.75) is 64.8 Å². The quantitative estimate of drug-likeness (QED) is 0.895. The van der Waals surface area contributed by atoms with Gasteiger partial charge in [0, 0.05) is 49.2 Å². The van der Waals surface area contributed by atoms with Crippen LogP contribution in [0.5, 0.6) is 0 Å². The van der Waals surface area contributed by atoms with Crippen LogP contribution in [0.15, 0.2) is 12.4 Å². The van der Waals surface area contributed by atoms with Gasteiger partial charge in [-0.3, -0.25) is 9.89 Å². The molecule has 1 amide bonds. The highest BCUT2D eigenvalue weighted by Crippen LogP contribution is 2.31. The number of carbonyl (C=O) groups is 1. The molecule has 2 fully saturated rings. The predicted octanol–water partition coefficient (Wildman–Crippen LogP) is 3.30. The number of aryl methyl sites for hydroxylation is 1. The Morgan fingerprint density at radius 3 is 2.85 bits per heavy atom. The van der Waals surface area contributed by atoms with E-state index in [9.17, 15) is 4.79 Å². The van der Waals surface area contributed by atoms with E-state index in [-0.39, 0.29) is 5.91 Å². The highest BCUT2D eigenvalue weighted by molar-refractivity contribution is 5.94. The normalized spacial score (nSPS) is 21.0. The minimum Gasteiger partial charge on any atom is -0.337 e. The summed E-state index contributed by atoms with van der Waals surface area (Å²) in [5, 5.41) is 7.30. The Kier molecular flexibility index (Phi) is 4.83. The van der Waals surface area contributed by atoms with Crippen LogP contribution in [0.4, 0.5) is 0 Å². The van der Waals surface area contributed by atoms with Gasteiger partial charge >= 0.3 is 0 Å². The standard InChI is InChI=1S/C20H29N5O/c1-3-17-14(2)18(23-22-17)20(26)25-10-5-8-16(13-25)19-21-9-11-24(19)12-15-6-4-7-15/h9,11,15-16H,3-8,10,12-13H2,1-2H3,(H,22,23). The number of hydrogen-bond acceptors (Lipinski definition) is 3. The Bertz CT molecular complexity index is 773. The largest absolute Gasteiger partial charge is 0.337 e. The number of carbonyl (C=O) groups excluding carboxylic acids is 1. The zero-order valence-electron chi connectivity index (χ0n) is 15.9. The van der Waals surface area contributed by atoms with E-state index in [2.05, 4.69) is 32.9 Å². The third-order valence-electron chi connectivity index (χ3n) is 6.17. The lowest BCUT2D eigenvalue weighted by Crippen LogP contribution is -2.40. The van der Waals surface area contributed by atoms with E-state index < -0.39 is 0 Å². The first kappa shape index (κ1) is 17.3. The SMILES string of the molecule is CCc1[nH]nc(C(=O)N2CCCC(c3nccn3CC3CCC3)C2)c1C. The fraction of sp³-hybridized carbons (Fsp3) is 0.650. The lowest BCUT2D eigenvalue weighted by atomic mass is 9.85. The van der Waals surface area contributed by atoms with Gasteiger partial charge in [-0.25, -0.2) is 4.98 Å². The Morgan fingerprint density at radius 1 is 1.31 bits per heavy atom. The van der Waals surface area contributed by atoms with E-state index in [1.165, 1.54) is 19.3 Å². The summed E-state index contributed by atoms with van der Waals surface area (Å²) in [5.41, 5.74) is 2.63. The molecule has 6 heteroatoms. The first-order valence-corrected chi connectivity index (χ1v) is 10.0. The number of aromatic amines is 1. The maximum Gasteiger partial charge on any atom is 0.274 e. The van der Waals surface area contributed by atoms with Gasteiger partial charge in [-0.2, -0.15) is 5.10 Å². The Hall–Kier alpha value is -2.11. The van der Waals surface area contributed by atoms with Gasteiger partial charge in [0.05, 0.1) is 0 Å². The van der Waals surface area contributed by atoms with Crippen LogP contribution in [0, 0.1) is 12.8 Å². The smallest absolute Gasteiger partial charge is 0.274 e. The van der Waals surface area contributed by atoms with Gasteiger partial charge in [0.25, 0.3) is 5.91 Å². The van der Waals surface area contributed by atoms with Gasteiger partial charge in [-0.05, 0) is 44.9 Å². The third kappa shape index (κ3) is 3.17. The third-order valence-corrected chi connectivity index (χ3v) is 6.17. The van der Waals surface area contributed by atoms with Crippen molar-refractivity contribution in [3.05, 3.63) is 35.2 Å². The average Bonchev–Trinajstić information content (AvgIpc) is 3.24. The number of hydrogen-bond donors (Lipinski definition) is 1. The summed E-state index contributed by atoms with van der Waals surface area (Å²) in [6.07, 6.45) is 11.1. The number of likely N-dealkylation sites (tertiary alicyclic amines) is 1. The predicted molar refractivity (Wildman–Crippen MR) is 100 cm³/mol. The lowest BCUT2D eigenvalue weighted by molar-refractivity contribution is 0.0696. The van der Waals surface area contributed by atoms with E-state index in [4.69, 9.17) is 0 Å². The number of nitrogens with zero attached hydrogens (tertiary/aromatic N) is 4. The van der Waals surface area contributed by atoms with E-state index in [0.717, 1.165) is 61.9 Å². The molecule has 140 valence electrons. The van der Waals surface area contributed by atoms with Gasteiger partial charge in [-0.1, -0.05) is 13.3 Å². The van der Waals surface area contributed by atoms with Crippen molar-refractivity contribution < 1.29 is 4.79 Å². The first-order chi connectivity index (χ1) is 12.7. The number of rotatable bonds is 5. The van der Waals surface area contributed by atoms with Crippen LogP contribution in [-0.4, -0.2) is 43.6 Å². The van der Waals surface area contributed by atoms with Gasteiger partial charge in [0.2, 0.25) is 0 Å². The molecule has 0 spiro atoms. The molecule has 2 aliphatic rings. The number of aromatic nitrogens is 4. The molecule has 1 N–H and O–H groups in total. The number of amides is 1. The van der Waals surface area contributed by atoms with Crippen molar-refractivity contribution in [2.75, 3.05) is 13.1 Å². The molecule has 0 bridgehead atoms. The maximum atomic E-state index is 13.0. The molecular formula is C20H29N5O. The second-order valence-electron chi connectivity index (χ2n) is 7.85. The molecule has 26 heavy (non-hydrogen) atoms. The van der Waals surface area contributed by atoms with Gasteiger partial charge in [0.15, 0.2) is 5.69 Å². The molecule has 1 aliphatic heterocycles. The molecule has 0 aromatic carbocycles. The van der Waals surface area contributed by atoms with Crippen LogP contribution in [0.3, 0.4) is 0 Å². The summed E-state index contributed by atoms with van der Waals surface area (Å²) < 4.78 is 2.33. The van der Waals surface area contributed by atoms with Crippen LogP contribution < -0.4 is 0 Å². The summed E-state index contributed by atoms with van der Waals surface area (Å²) in [4.78, 5) is 19.6. The number of piperidine rings is 1. The van der Waals surface area contributed by atoms with Crippen molar-refractivity contribution in [2.24, 2.45) is 5.92 Å². The van der Waals surface area contributed by atoms with E-state index in [1.54, 1.807) is 0 Å². The minimum absolute atomic E-state index is 0.0558. The van der Waals surface area contributed by atoms with Crippen LogP contribution in [-0.2, 0) is 13.0 Å². The van der Waals surface area contributed by atoms with Crippen LogP contribution in [0.2, 0.25) is 0 Å². The van der Waals surface area contributed by atoms with E-state index >= 15 is 0 Å². The highest BCUT2D eigenvalue weighted by Gasteiger charge is 2.30. The number of H-pyrrole nitrogens is 1. The second-order valence-corrected chi connectivity index (χ2v) is 7.85. The maximum absolute atomic E-state index is 13.0. The summed E-state index contributed by atoms with van der Waals surface area (Å²) in [6.45, 7) is 6.70. The molecule has 2 aromatic heterocycles. The fourth-order valence-electron chi connectivity index (χ4n) is 4.30. The Balaban J connectivity index is 1.48. The summed E-state index contributed by atoms with van der Waals surface area (Å²) in [7, 11) is 0. The molecule has 1 atom stereocenters. The zero-order chi connectivity index (χ0) is 18.1. The van der Waals surface area contributed by atoms with Gasteiger partial charge in [0.1, 0.15) is 5.82 Å². The monoisotopic (exact) mass is 355 g/mol. The second kappa shape index (κ2) is 7.25. The van der Waals surface area contributed by atoms with Gasteiger partial charge < -0.3 is 9.47 Å². The molecule has 1 saturated heterocycles. The van der Waals surface area contributed by atoms with Crippen molar-refractivity contribution >= 4 is 5.91 Å². The number of imidazole rings is 1. The highest BCUT2D eigenvalue weighted by atomic mass is 16.2. The summed E-state index contributed by atoms with van der Waals surface area (Å²) in [5.74, 6) is 2.35. The molecule has 6 nitrogen and oxygen atoms in total. The average molecular weight is 355 g/mol. The molecule has 1 unspecified atom stereocenters. The topological polar surface area (TPSA) is 66.8 Å². The van der Waals surface area contributed by atoms with Crippen molar-refractivity contribution in [3.8, 4) is 0 Å². The molecule has 2 aromatic rings. The lowest BCUT2D eigenvalue weighted by Gasteiger charge is -2.33.